The molecule has 1 aliphatic rings. The van der Waals surface area contributed by atoms with Gasteiger partial charge in [-0.1, -0.05) is 23.5 Å². The van der Waals surface area contributed by atoms with Crippen LogP contribution < -0.4 is 10.2 Å². The number of carbonyl (C=O) groups is 1. The van der Waals surface area contributed by atoms with E-state index < -0.39 is 0 Å². The van der Waals surface area contributed by atoms with Crippen LogP contribution in [0.25, 0.3) is 10.2 Å². The summed E-state index contributed by atoms with van der Waals surface area (Å²) in [4.78, 5) is 21.6. The number of para-hydroxylation sites is 1. The Balaban J connectivity index is 1.33. The molecule has 1 saturated heterocycles. The Morgan fingerprint density at radius 3 is 2.75 bits per heavy atom. The number of amides is 1. The first kappa shape index (κ1) is 18.8. The van der Waals surface area contributed by atoms with Gasteiger partial charge in [-0.2, -0.15) is 5.10 Å². The van der Waals surface area contributed by atoms with Crippen LogP contribution in [0.5, 0.6) is 0 Å². The minimum absolute atomic E-state index is 0.000197. The molecule has 8 heteroatoms. The van der Waals surface area contributed by atoms with Crippen molar-refractivity contribution in [3.8, 4) is 0 Å². The molecule has 4 rings (SSSR count). The van der Waals surface area contributed by atoms with Gasteiger partial charge >= 0.3 is 0 Å². The Bertz CT molecular complexity index is 905. The smallest absolute Gasteiger partial charge is 0.243 e. The van der Waals surface area contributed by atoms with E-state index >= 15 is 0 Å². The van der Waals surface area contributed by atoms with Gasteiger partial charge in [0.15, 0.2) is 10.9 Å². The molecule has 146 valence electrons. The van der Waals surface area contributed by atoms with Gasteiger partial charge in [-0.25, -0.2) is 4.98 Å². The summed E-state index contributed by atoms with van der Waals surface area (Å²) < 4.78 is 1.08. The zero-order chi connectivity index (χ0) is 19.5. The lowest BCUT2D eigenvalue weighted by Crippen LogP contribution is -2.50. The van der Waals surface area contributed by atoms with E-state index in [9.17, 15) is 4.79 Å². The van der Waals surface area contributed by atoms with Crippen LogP contribution in [0.1, 0.15) is 19.8 Å². The summed E-state index contributed by atoms with van der Waals surface area (Å²) in [5.41, 5.74) is 0.920. The summed E-state index contributed by atoms with van der Waals surface area (Å²) in [6, 6.07) is 12.0. The summed E-state index contributed by atoms with van der Waals surface area (Å²) in [5.74, 6) is 0.891. The van der Waals surface area contributed by atoms with E-state index in [4.69, 9.17) is 0 Å². The monoisotopic (exact) mass is 396 g/mol. The van der Waals surface area contributed by atoms with Crippen LogP contribution in [0.15, 0.2) is 42.6 Å². The highest BCUT2D eigenvalue weighted by Gasteiger charge is 2.29. The van der Waals surface area contributed by atoms with Gasteiger partial charge in [0.25, 0.3) is 0 Å². The molecule has 3 aromatic rings. The van der Waals surface area contributed by atoms with Crippen LogP contribution >= 0.6 is 11.3 Å². The molecular weight excluding hydrogens is 372 g/mol. The fraction of sp³-hybridized carbons (Fsp3) is 0.400. The maximum absolute atomic E-state index is 12.7. The zero-order valence-corrected chi connectivity index (χ0v) is 16.9. The SMILES string of the molecule is C[C@@H](C(=O)Nc1nc2ccccc2s1)N1CCC(N(C)c2cccnn2)CC1. The van der Waals surface area contributed by atoms with Crippen LogP contribution in [-0.2, 0) is 4.79 Å². The standard InChI is InChI=1S/C20H24N6OS/c1-14(19(27)23-20-22-16-6-3-4-7-17(16)28-20)26-12-9-15(10-13-26)25(2)18-8-5-11-21-24-18/h3-8,11,14-15H,9-10,12-13H2,1-2H3,(H,22,23,27)/t14-/m0/s1. The van der Waals surface area contributed by atoms with E-state index in [1.54, 1.807) is 6.20 Å². The van der Waals surface area contributed by atoms with Crippen molar-refractivity contribution in [2.24, 2.45) is 0 Å². The van der Waals surface area contributed by atoms with E-state index in [0.29, 0.717) is 11.2 Å². The number of nitrogens with one attached hydrogen (secondary N) is 1. The van der Waals surface area contributed by atoms with Crippen LogP contribution in [0.3, 0.4) is 0 Å². The van der Waals surface area contributed by atoms with Crippen molar-refractivity contribution in [3.63, 3.8) is 0 Å². The van der Waals surface area contributed by atoms with Gasteiger partial charge in [-0.3, -0.25) is 9.69 Å². The third-order valence-corrected chi connectivity index (χ3v) is 6.37. The summed E-state index contributed by atoms with van der Waals surface area (Å²) in [5, 5.41) is 11.8. The van der Waals surface area contributed by atoms with E-state index in [1.165, 1.54) is 11.3 Å². The number of carbonyl (C=O) groups excluding carboxylic acids is 1. The highest BCUT2D eigenvalue weighted by Crippen LogP contribution is 2.26. The van der Waals surface area contributed by atoms with Crippen LogP contribution in [0, 0.1) is 0 Å². The Morgan fingerprint density at radius 2 is 2.04 bits per heavy atom. The van der Waals surface area contributed by atoms with E-state index in [2.05, 4.69) is 37.3 Å². The first-order valence-corrected chi connectivity index (χ1v) is 10.3. The number of fused-ring (bicyclic) bond motifs is 1. The molecular formula is C20H24N6OS. The molecule has 0 bridgehead atoms. The van der Waals surface area contributed by atoms with Gasteiger partial charge in [0.05, 0.1) is 16.3 Å². The summed E-state index contributed by atoms with van der Waals surface area (Å²) in [6.45, 7) is 3.72. The highest BCUT2D eigenvalue weighted by atomic mass is 32.1. The normalized spacial score (nSPS) is 16.8. The molecule has 1 atom stereocenters. The fourth-order valence-corrected chi connectivity index (χ4v) is 4.50. The van der Waals surface area contributed by atoms with Gasteiger partial charge in [0.2, 0.25) is 5.91 Å². The molecule has 1 aromatic carbocycles. The Kier molecular flexibility index (Phi) is 5.50. The van der Waals surface area contributed by atoms with Gasteiger partial charge in [-0.15, -0.1) is 5.10 Å². The minimum atomic E-state index is -0.185. The predicted octanol–water partition coefficient (Wildman–Crippen LogP) is 3.01. The Morgan fingerprint density at radius 1 is 1.25 bits per heavy atom. The van der Waals surface area contributed by atoms with E-state index in [0.717, 1.165) is 42.0 Å². The van der Waals surface area contributed by atoms with Crippen molar-refractivity contribution < 1.29 is 4.79 Å². The van der Waals surface area contributed by atoms with Gasteiger partial charge in [0, 0.05) is 32.4 Å². The number of likely N-dealkylation sites (tertiary alicyclic amines) is 1. The third kappa shape index (κ3) is 3.98. The molecule has 3 heterocycles. The summed E-state index contributed by atoms with van der Waals surface area (Å²) in [7, 11) is 2.06. The number of aromatic nitrogens is 3. The number of rotatable bonds is 5. The van der Waals surface area contributed by atoms with Gasteiger partial charge in [-0.05, 0) is 44.0 Å². The largest absolute Gasteiger partial charge is 0.355 e. The lowest BCUT2D eigenvalue weighted by molar-refractivity contribution is -0.121. The van der Waals surface area contributed by atoms with Crippen molar-refractivity contribution in [1.29, 1.82) is 0 Å². The van der Waals surface area contributed by atoms with Gasteiger partial charge in [0.1, 0.15) is 0 Å². The minimum Gasteiger partial charge on any atom is -0.355 e. The Hall–Kier alpha value is -2.58. The number of anilines is 2. The molecule has 0 spiro atoms. The third-order valence-electron chi connectivity index (χ3n) is 5.42. The number of thiazole rings is 1. The van der Waals surface area contributed by atoms with Crippen molar-refractivity contribution in [2.45, 2.75) is 31.8 Å². The second kappa shape index (κ2) is 8.20. The molecule has 0 saturated carbocycles. The average molecular weight is 397 g/mol. The van der Waals surface area contributed by atoms with E-state index in [-0.39, 0.29) is 11.9 Å². The number of hydrogen-bond acceptors (Lipinski definition) is 7. The number of piperidine rings is 1. The van der Waals surface area contributed by atoms with Crippen LogP contribution in [0.2, 0.25) is 0 Å². The molecule has 1 aliphatic heterocycles. The topological polar surface area (TPSA) is 74.2 Å². The highest BCUT2D eigenvalue weighted by molar-refractivity contribution is 7.22. The molecule has 0 aliphatic carbocycles. The number of hydrogen-bond donors (Lipinski definition) is 1. The molecule has 1 N–H and O–H groups in total. The summed E-state index contributed by atoms with van der Waals surface area (Å²) >= 11 is 1.51. The second-order valence-electron chi connectivity index (χ2n) is 7.11. The van der Waals surface area contributed by atoms with Crippen molar-refractivity contribution in [3.05, 3.63) is 42.6 Å². The second-order valence-corrected chi connectivity index (χ2v) is 8.14. The first-order valence-electron chi connectivity index (χ1n) is 9.53. The molecule has 28 heavy (non-hydrogen) atoms. The zero-order valence-electron chi connectivity index (χ0n) is 16.1. The molecule has 0 radical (unpaired) electrons. The van der Waals surface area contributed by atoms with Crippen molar-refractivity contribution in [1.82, 2.24) is 20.1 Å². The molecule has 1 fully saturated rings. The quantitative estimate of drug-likeness (QED) is 0.715. The lowest BCUT2D eigenvalue weighted by atomic mass is 10.0. The van der Waals surface area contributed by atoms with E-state index in [1.807, 2.05) is 43.3 Å². The maximum atomic E-state index is 12.7. The fourth-order valence-electron chi connectivity index (χ4n) is 3.63. The lowest BCUT2D eigenvalue weighted by Gasteiger charge is -2.39. The number of nitrogens with zero attached hydrogens (tertiary/aromatic N) is 5. The first-order chi connectivity index (χ1) is 13.6. The number of benzene rings is 1. The Labute approximate surface area is 168 Å². The molecule has 0 unspecified atom stereocenters. The van der Waals surface area contributed by atoms with Gasteiger partial charge < -0.3 is 10.2 Å². The van der Waals surface area contributed by atoms with Crippen LogP contribution in [0.4, 0.5) is 10.9 Å². The predicted molar refractivity (Wildman–Crippen MR) is 113 cm³/mol. The molecule has 1 amide bonds. The average Bonchev–Trinajstić information content (AvgIpc) is 3.15. The summed E-state index contributed by atoms with van der Waals surface area (Å²) in [6.07, 6.45) is 3.67. The molecule has 2 aromatic heterocycles. The maximum Gasteiger partial charge on any atom is 0.243 e. The van der Waals surface area contributed by atoms with Crippen molar-refractivity contribution in [2.75, 3.05) is 30.4 Å². The van der Waals surface area contributed by atoms with Crippen molar-refractivity contribution >= 4 is 38.4 Å². The van der Waals surface area contributed by atoms with Crippen LogP contribution in [-0.4, -0.2) is 58.2 Å². The molecule has 7 nitrogen and oxygen atoms in total.